The van der Waals surface area contributed by atoms with E-state index in [1.54, 1.807) is 18.3 Å². The van der Waals surface area contributed by atoms with Gasteiger partial charge in [0.2, 0.25) is 5.88 Å². The smallest absolute Gasteiger partial charge is 0.407 e. The highest BCUT2D eigenvalue weighted by molar-refractivity contribution is 5.77. The second-order valence-electron chi connectivity index (χ2n) is 11.1. The Labute approximate surface area is 237 Å². The molecule has 3 heterocycles. The maximum Gasteiger partial charge on any atom is 0.407 e. The van der Waals surface area contributed by atoms with E-state index >= 15 is 0 Å². The van der Waals surface area contributed by atoms with Gasteiger partial charge in [0.15, 0.2) is 5.82 Å². The van der Waals surface area contributed by atoms with Crippen molar-refractivity contribution < 1.29 is 27.4 Å². The molecule has 4 N–H and O–H groups in total. The SMILES string of the molecule is CC(C)(C)OC(=O)NCCCCCNc1ncccc1-c1nc(N)cnc1-n1ccc(OCC(C)(C)C(F)(F)F)n1. The molecule has 0 atom stereocenters. The van der Waals surface area contributed by atoms with E-state index in [-0.39, 0.29) is 11.7 Å². The third-order valence-corrected chi connectivity index (χ3v) is 5.78. The molecule has 0 fully saturated rings. The Morgan fingerprint density at radius 2 is 1.78 bits per heavy atom. The molecule has 0 radical (unpaired) electrons. The number of alkyl carbamates (subject to hydrolysis) is 1. The number of nitrogens with two attached hydrogens (primary N) is 1. The zero-order valence-electron chi connectivity index (χ0n) is 23.9. The minimum atomic E-state index is -4.42. The van der Waals surface area contributed by atoms with Crippen molar-refractivity contribution >= 4 is 17.7 Å². The quantitative estimate of drug-likeness (QED) is 0.241. The van der Waals surface area contributed by atoms with Crippen LogP contribution in [0.2, 0.25) is 0 Å². The molecule has 0 saturated carbocycles. The first-order valence-electron chi connectivity index (χ1n) is 13.2. The molecule has 11 nitrogen and oxygen atoms in total. The van der Waals surface area contributed by atoms with Crippen LogP contribution >= 0.6 is 0 Å². The van der Waals surface area contributed by atoms with E-state index in [9.17, 15) is 18.0 Å². The lowest BCUT2D eigenvalue weighted by Crippen LogP contribution is -2.37. The number of nitrogens with zero attached hydrogens (tertiary/aromatic N) is 5. The Kier molecular flexibility index (Phi) is 10.00. The molecule has 41 heavy (non-hydrogen) atoms. The van der Waals surface area contributed by atoms with Crippen LogP contribution in [0.15, 0.2) is 36.8 Å². The lowest BCUT2D eigenvalue weighted by Gasteiger charge is -2.26. The van der Waals surface area contributed by atoms with Crippen LogP contribution in [0.5, 0.6) is 5.88 Å². The molecule has 1 amide bonds. The van der Waals surface area contributed by atoms with Crippen LogP contribution in [0.1, 0.15) is 53.9 Å². The molecule has 0 aliphatic carbocycles. The number of unbranched alkanes of at least 4 members (excludes halogenated alkanes) is 2. The number of nitrogen functional groups attached to an aromatic ring is 1. The highest BCUT2D eigenvalue weighted by atomic mass is 19.4. The Morgan fingerprint density at radius 3 is 2.49 bits per heavy atom. The van der Waals surface area contributed by atoms with Crippen LogP contribution in [-0.2, 0) is 4.74 Å². The van der Waals surface area contributed by atoms with Gasteiger partial charge in [0, 0.05) is 37.1 Å². The van der Waals surface area contributed by atoms with Gasteiger partial charge >= 0.3 is 12.3 Å². The number of amides is 1. The number of ether oxygens (including phenoxy) is 2. The molecule has 3 aromatic heterocycles. The van der Waals surface area contributed by atoms with Crippen LogP contribution in [0, 0.1) is 5.41 Å². The second-order valence-corrected chi connectivity index (χ2v) is 11.1. The fraction of sp³-hybridized carbons (Fsp3) is 0.519. The van der Waals surface area contributed by atoms with Crippen LogP contribution < -0.4 is 21.1 Å². The van der Waals surface area contributed by atoms with Crippen molar-refractivity contribution in [1.29, 1.82) is 0 Å². The Hall–Kier alpha value is -4.10. The molecule has 3 rings (SSSR count). The van der Waals surface area contributed by atoms with E-state index in [0.717, 1.165) is 33.1 Å². The summed E-state index contributed by atoms with van der Waals surface area (Å²) >= 11 is 0. The average molecular weight is 579 g/mol. The van der Waals surface area contributed by atoms with Crippen molar-refractivity contribution in [3.63, 3.8) is 0 Å². The summed E-state index contributed by atoms with van der Waals surface area (Å²) in [5.41, 5.74) is 4.36. The van der Waals surface area contributed by atoms with E-state index in [1.807, 2.05) is 20.8 Å². The molecule has 0 aromatic carbocycles. The molecule has 224 valence electrons. The molecular weight excluding hydrogens is 541 g/mol. The van der Waals surface area contributed by atoms with E-state index in [2.05, 4.69) is 30.7 Å². The Balaban J connectivity index is 1.65. The summed E-state index contributed by atoms with van der Waals surface area (Å²) in [7, 11) is 0. The molecule has 0 aliphatic rings. The fourth-order valence-electron chi connectivity index (χ4n) is 3.46. The second kappa shape index (κ2) is 13.0. The first kappa shape index (κ1) is 31.4. The van der Waals surface area contributed by atoms with Crippen LogP contribution in [-0.4, -0.2) is 62.3 Å². The van der Waals surface area contributed by atoms with Gasteiger partial charge in [-0.25, -0.2) is 24.4 Å². The molecule has 0 unspecified atom stereocenters. The number of nitrogens with one attached hydrogen (secondary N) is 2. The normalized spacial score (nSPS) is 12.2. The molecular formula is C27H37F3N8O3. The summed E-state index contributed by atoms with van der Waals surface area (Å²) < 4.78 is 51.5. The van der Waals surface area contributed by atoms with Gasteiger partial charge in [-0.2, -0.15) is 13.2 Å². The number of pyridine rings is 1. The van der Waals surface area contributed by atoms with Crippen molar-refractivity contribution in [2.75, 3.05) is 30.7 Å². The Bertz CT molecular complexity index is 1310. The summed E-state index contributed by atoms with van der Waals surface area (Å²) in [4.78, 5) is 25.0. The molecule has 0 aliphatic heterocycles. The number of anilines is 2. The van der Waals surface area contributed by atoms with Gasteiger partial charge in [-0.1, -0.05) is 0 Å². The highest BCUT2D eigenvalue weighted by Crippen LogP contribution is 2.37. The minimum Gasteiger partial charge on any atom is -0.476 e. The standard InChI is InChI=1S/C27H37F3N8O3/c1-25(2,3)41-24(39)34-13-8-6-7-12-32-22-18(10-9-14-33-22)21-23(35-16-19(31)36-21)38-15-11-20(37-38)40-17-26(4,5)27(28,29)30/h9-11,14-16H,6-8,12-13,17H2,1-5H3,(H2,31,36)(H,32,33)(H,34,39). The maximum atomic E-state index is 13.2. The number of hydrogen-bond donors (Lipinski definition) is 3. The third kappa shape index (κ3) is 9.22. The number of halogens is 3. The van der Waals surface area contributed by atoms with Gasteiger partial charge in [0.1, 0.15) is 29.5 Å². The number of carbonyl (C=O) groups excluding carboxylic acids is 1. The number of aromatic nitrogens is 5. The zero-order chi connectivity index (χ0) is 30.3. The zero-order valence-corrected chi connectivity index (χ0v) is 23.9. The van der Waals surface area contributed by atoms with E-state index in [4.69, 9.17) is 15.2 Å². The largest absolute Gasteiger partial charge is 0.476 e. The lowest BCUT2D eigenvalue weighted by molar-refractivity contribution is -0.219. The van der Waals surface area contributed by atoms with Crippen molar-refractivity contribution in [2.24, 2.45) is 5.41 Å². The number of alkyl halides is 3. The average Bonchev–Trinajstić information content (AvgIpc) is 3.34. The lowest BCUT2D eigenvalue weighted by atomic mass is 9.94. The summed E-state index contributed by atoms with van der Waals surface area (Å²) in [6.07, 6.45) is 2.12. The molecule has 3 aromatic rings. The summed E-state index contributed by atoms with van der Waals surface area (Å²) in [5.74, 6) is 1.04. The van der Waals surface area contributed by atoms with Crippen molar-refractivity contribution in [1.82, 2.24) is 30.0 Å². The minimum absolute atomic E-state index is 0.0117. The molecule has 0 bridgehead atoms. The highest BCUT2D eigenvalue weighted by Gasteiger charge is 2.48. The summed E-state index contributed by atoms with van der Waals surface area (Å²) in [6, 6.07) is 5.00. The van der Waals surface area contributed by atoms with Gasteiger partial charge in [0.25, 0.3) is 0 Å². The molecule has 0 spiro atoms. The maximum absolute atomic E-state index is 13.2. The monoisotopic (exact) mass is 578 g/mol. The third-order valence-electron chi connectivity index (χ3n) is 5.78. The van der Waals surface area contributed by atoms with E-state index in [0.29, 0.717) is 36.0 Å². The van der Waals surface area contributed by atoms with Gasteiger partial charge in [0.05, 0.1) is 11.6 Å². The number of rotatable bonds is 12. The van der Waals surface area contributed by atoms with Gasteiger partial charge in [-0.05, 0) is 66.0 Å². The van der Waals surface area contributed by atoms with Crippen molar-refractivity contribution in [3.05, 3.63) is 36.8 Å². The van der Waals surface area contributed by atoms with Gasteiger partial charge in [-0.15, -0.1) is 5.10 Å². The molecule has 14 heteroatoms. The first-order valence-corrected chi connectivity index (χ1v) is 13.2. The van der Waals surface area contributed by atoms with Crippen LogP contribution in [0.3, 0.4) is 0 Å². The van der Waals surface area contributed by atoms with E-state index in [1.165, 1.54) is 23.1 Å². The summed E-state index contributed by atoms with van der Waals surface area (Å²) in [5, 5.41) is 10.3. The first-order chi connectivity index (χ1) is 19.2. The number of hydrogen-bond acceptors (Lipinski definition) is 9. The topological polar surface area (TPSA) is 142 Å². The van der Waals surface area contributed by atoms with Crippen molar-refractivity contribution in [3.8, 4) is 23.0 Å². The van der Waals surface area contributed by atoms with Crippen LogP contribution in [0.25, 0.3) is 17.1 Å². The van der Waals surface area contributed by atoms with Gasteiger partial charge in [-0.3, -0.25) is 0 Å². The van der Waals surface area contributed by atoms with E-state index < -0.39 is 29.9 Å². The molecule has 0 saturated heterocycles. The predicted octanol–water partition coefficient (Wildman–Crippen LogP) is 5.38. The van der Waals surface area contributed by atoms with Gasteiger partial charge < -0.3 is 25.8 Å². The predicted molar refractivity (Wildman–Crippen MR) is 149 cm³/mol. The number of carbonyl (C=O) groups is 1. The van der Waals surface area contributed by atoms with Crippen LogP contribution in [0.4, 0.5) is 29.6 Å². The Morgan fingerprint density at radius 1 is 1.05 bits per heavy atom. The van der Waals surface area contributed by atoms with Crippen molar-refractivity contribution in [2.45, 2.75) is 65.7 Å². The fourth-order valence-corrected chi connectivity index (χ4v) is 3.46. The summed E-state index contributed by atoms with van der Waals surface area (Å²) in [6.45, 7) is 8.08.